The summed E-state index contributed by atoms with van der Waals surface area (Å²) in [5.41, 5.74) is 1.48. The van der Waals surface area contributed by atoms with Crippen molar-refractivity contribution in [2.45, 2.75) is 97.5 Å². The highest BCUT2D eigenvalue weighted by Crippen LogP contribution is 2.51. The van der Waals surface area contributed by atoms with Crippen molar-refractivity contribution < 1.29 is 23.0 Å². The van der Waals surface area contributed by atoms with Gasteiger partial charge in [0.15, 0.2) is 0 Å². The van der Waals surface area contributed by atoms with Crippen molar-refractivity contribution in [2.24, 2.45) is 0 Å². The van der Waals surface area contributed by atoms with Crippen molar-refractivity contribution in [3.05, 3.63) is 23.3 Å². The lowest BCUT2D eigenvalue weighted by molar-refractivity contribution is -0.0355. The molecule has 0 bridgehead atoms. The largest absolute Gasteiger partial charge is 0.494 e. The van der Waals surface area contributed by atoms with Crippen LogP contribution in [-0.4, -0.2) is 12.7 Å². The summed E-state index contributed by atoms with van der Waals surface area (Å²) >= 11 is 0. The Morgan fingerprint density at radius 3 is 1.93 bits per heavy atom. The molecule has 1 aromatic rings. The molecule has 2 rings (SSSR count). The highest BCUT2D eigenvalue weighted by Gasteiger charge is 2.32. The molecule has 160 valence electrons. The highest BCUT2D eigenvalue weighted by molar-refractivity contribution is 7.42. The molecular weight excluding hydrogens is 378 g/mol. The van der Waals surface area contributed by atoms with Gasteiger partial charge >= 0.3 is 8.60 Å². The minimum absolute atomic E-state index is 0.00511. The van der Waals surface area contributed by atoms with Gasteiger partial charge in [-0.15, -0.1) is 0 Å². The van der Waals surface area contributed by atoms with Crippen LogP contribution in [0.2, 0.25) is 0 Å². The summed E-state index contributed by atoms with van der Waals surface area (Å²) in [6, 6.07) is 3.97. The Kier molecular flexibility index (Phi) is 8.13. The molecule has 0 aliphatic heterocycles. The van der Waals surface area contributed by atoms with Crippen molar-refractivity contribution in [1.82, 2.24) is 0 Å². The molecular formula is C22H36FO4P. The van der Waals surface area contributed by atoms with E-state index in [0.29, 0.717) is 12.4 Å². The zero-order chi connectivity index (χ0) is 20.9. The molecule has 1 fully saturated rings. The Hall–Kier alpha value is -0.900. The summed E-state index contributed by atoms with van der Waals surface area (Å²) in [5.74, 6) is 1.44. The van der Waals surface area contributed by atoms with Crippen LogP contribution >= 0.6 is 8.60 Å². The van der Waals surface area contributed by atoms with Crippen LogP contribution in [0, 0.1) is 0 Å². The fourth-order valence-electron chi connectivity index (χ4n) is 3.48. The summed E-state index contributed by atoms with van der Waals surface area (Å²) in [7, 11) is -2.11. The fourth-order valence-corrected chi connectivity index (χ4v) is 4.39. The van der Waals surface area contributed by atoms with E-state index in [1.54, 1.807) is 0 Å². The summed E-state index contributed by atoms with van der Waals surface area (Å²) in [4.78, 5) is 0. The predicted molar refractivity (Wildman–Crippen MR) is 113 cm³/mol. The van der Waals surface area contributed by atoms with Gasteiger partial charge in [0, 0.05) is 11.1 Å². The smallest absolute Gasteiger partial charge is 0.431 e. The summed E-state index contributed by atoms with van der Waals surface area (Å²) in [6.45, 7) is 15.2. The van der Waals surface area contributed by atoms with E-state index in [9.17, 15) is 4.53 Å². The number of hydrogen-bond donors (Lipinski definition) is 0. The quantitative estimate of drug-likeness (QED) is 0.432. The van der Waals surface area contributed by atoms with Crippen LogP contribution in [0.1, 0.15) is 91.7 Å². The first-order valence-corrected chi connectivity index (χ1v) is 11.4. The maximum Gasteiger partial charge on any atom is 0.431 e. The average molecular weight is 414 g/mol. The van der Waals surface area contributed by atoms with Crippen LogP contribution in [-0.2, 0) is 20.1 Å². The third kappa shape index (κ3) is 6.30. The number of rotatable bonds is 7. The molecule has 28 heavy (non-hydrogen) atoms. The van der Waals surface area contributed by atoms with Gasteiger partial charge in [0.05, 0.1) is 12.7 Å². The van der Waals surface area contributed by atoms with E-state index in [1.807, 2.05) is 19.1 Å². The molecule has 0 heterocycles. The van der Waals surface area contributed by atoms with E-state index >= 15 is 0 Å². The predicted octanol–water partition coefficient (Wildman–Crippen LogP) is 7.54. The van der Waals surface area contributed by atoms with Gasteiger partial charge in [-0.05, 0) is 47.3 Å². The van der Waals surface area contributed by atoms with E-state index < -0.39 is 8.60 Å². The van der Waals surface area contributed by atoms with E-state index in [2.05, 4.69) is 46.3 Å². The minimum atomic E-state index is -2.11. The lowest BCUT2D eigenvalue weighted by Crippen LogP contribution is -2.20. The molecule has 0 saturated heterocycles. The fraction of sp³-hybridized carbons (Fsp3) is 0.727. The third-order valence-electron chi connectivity index (χ3n) is 5.00. The monoisotopic (exact) mass is 414 g/mol. The molecule has 4 nitrogen and oxygen atoms in total. The van der Waals surface area contributed by atoms with Crippen molar-refractivity contribution >= 4 is 8.60 Å². The Bertz CT molecular complexity index is 595. The molecule has 1 unspecified atom stereocenters. The Morgan fingerprint density at radius 1 is 0.964 bits per heavy atom. The first kappa shape index (κ1) is 23.4. The Morgan fingerprint density at radius 2 is 1.50 bits per heavy atom. The van der Waals surface area contributed by atoms with Gasteiger partial charge in [0.25, 0.3) is 0 Å². The summed E-state index contributed by atoms with van der Waals surface area (Å²) in [6.07, 6.45) is 5.25. The van der Waals surface area contributed by atoms with Crippen LogP contribution in [0.25, 0.3) is 0 Å². The van der Waals surface area contributed by atoms with Crippen molar-refractivity contribution in [1.29, 1.82) is 0 Å². The second-order valence-corrected chi connectivity index (χ2v) is 10.5. The number of benzene rings is 1. The molecule has 1 aliphatic rings. The first-order chi connectivity index (χ1) is 13.1. The van der Waals surface area contributed by atoms with Crippen LogP contribution in [0.15, 0.2) is 12.1 Å². The average Bonchev–Trinajstić information content (AvgIpc) is 2.61. The topological polar surface area (TPSA) is 36.9 Å². The standard InChI is InChI=1S/C22H36FO4P/c1-8-24-17-14-18(21(2,3)4)20(19(15-17)22(5,6)7)26-28(27-23)25-16-12-10-9-11-13-16/h14-16H,8-13H2,1-7H3. The van der Waals surface area contributed by atoms with Crippen molar-refractivity contribution in [2.75, 3.05) is 6.61 Å². The molecule has 0 radical (unpaired) electrons. The number of halogens is 1. The number of hydrogen-bond acceptors (Lipinski definition) is 4. The molecule has 6 heteroatoms. The molecule has 0 N–H and O–H groups in total. The summed E-state index contributed by atoms with van der Waals surface area (Å²) < 4.78 is 35.3. The molecule has 0 aromatic heterocycles. The van der Waals surface area contributed by atoms with Crippen LogP contribution in [0.5, 0.6) is 11.5 Å². The Balaban J connectivity index is 2.43. The highest BCUT2D eigenvalue weighted by atomic mass is 31.2. The van der Waals surface area contributed by atoms with Crippen molar-refractivity contribution in [3.8, 4) is 11.5 Å². The van der Waals surface area contributed by atoms with Gasteiger partial charge in [0.2, 0.25) is 0 Å². The van der Waals surface area contributed by atoms with Gasteiger partial charge < -0.3 is 9.26 Å². The molecule has 0 amide bonds. The second kappa shape index (κ2) is 9.73. The van der Waals surface area contributed by atoms with Crippen LogP contribution < -0.4 is 9.26 Å². The molecule has 1 saturated carbocycles. The maximum absolute atomic E-state index is 13.4. The number of ether oxygens (including phenoxy) is 1. The van der Waals surface area contributed by atoms with Gasteiger partial charge in [0.1, 0.15) is 11.5 Å². The zero-order valence-corrected chi connectivity index (χ0v) is 19.3. The zero-order valence-electron chi connectivity index (χ0n) is 18.4. The maximum atomic E-state index is 13.4. The first-order valence-electron chi connectivity index (χ1n) is 10.3. The second-order valence-electron chi connectivity index (χ2n) is 9.53. The van der Waals surface area contributed by atoms with E-state index in [4.69, 9.17) is 13.8 Å². The molecule has 0 spiro atoms. The van der Waals surface area contributed by atoms with Crippen LogP contribution in [0.4, 0.5) is 4.53 Å². The van der Waals surface area contributed by atoms with Gasteiger partial charge in [-0.25, -0.2) is 0 Å². The summed E-state index contributed by atoms with van der Waals surface area (Å²) in [5, 5.41) is 0. The van der Waals surface area contributed by atoms with Gasteiger partial charge in [-0.2, -0.15) is 0 Å². The van der Waals surface area contributed by atoms with E-state index in [1.165, 1.54) is 6.42 Å². The lowest BCUT2D eigenvalue weighted by Gasteiger charge is -2.31. The van der Waals surface area contributed by atoms with Gasteiger partial charge in [-0.3, -0.25) is 4.52 Å². The molecule has 1 atom stereocenters. The minimum Gasteiger partial charge on any atom is -0.494 e. The van der Waals surface area contributed by atoms with Crippen molar-refractivity contribution in [3.63, 3.8) is 0 Å². The van der Waals surface area contributed by atoms with Crippen LogP contribution in [0.3, 0.4) is 0 Å². The normalized spacial score (nSPS) is 17.4. The molecule has 1 aliphatic carbocycles. The lowest BCUT2D eigenvalue weighted by atomic mass is 9.79. The van der Waals surface area contributed by atoms with Gasteiger partial charge in [-0.1, -0.05) is 65.5 Å². The van der Waals surface area contributed by atoms with E-state index in [-0.39, 0.29) is 16.9 Å². The SMILES string of the molecule is CCOc1cc(C(C)(C)C)c(OP(OF)OC2CCCCC2)c(C(C)(C)C)c1. The van der Waals surface area contributed by atoms with E-state index in [0.717, 1.165) is 42.6 Å². The molecule has 1 aromatic carbocycles. The Labute approximate surface area is 171 Å². The third-order valence-corrected chi connectivity index (χ3v) is 5.91.